The highest BCUT2D eigenvalue weighted by Crippen LogP contribution is 2.28. The minimum Gasteiger partial charge on any atom is -0.481 e. The monoisotopic (exact) mass is 388 g/mol. The fraction of sp³-hybridized carbons (Fsp3) is 0.421. The van der Waals surface area contributed by atoms with Crippen molar-refractivity contribution >= 4 is 22.4 Å². The number of aromatic nitrogens is 2. The van der Waals surface area contributed by atoms with Gasteiger partial charge < -0.3 is 10.1 Å². The van der Waals surface area contributed by atoms with Crippen LogP contribution in [0.2, 0.25) is 0 Å². The zero-order chi connectivity index (χ0) is 19.3. The van der Waals surface area contributed by atoms with Gasteiger partial charge in [-0.05, 0) is 12.0 Å². The molecular formula is C19H21FN4O2S. The molecule has 0 atom stereocenters. The van der Waals surface area contributed by atoms with E-state index in [-0.39, 0.29) is 5.91 Å². The van der Waals surface area contributed by atoms with Gasteiger partial charge in [-0.3, -0.25) is 9.69 Å². The van der Waals surface area contributed by atoms with Crippen LogP contribution in [-0.4, -0.2) is 46.6 Å². The van der Waals surface area contributed by atoms with E-state index in [1.807, 2.05) is 0 Å². The first-order valence-electron chi connectivity index (χ1n) is 8.63. The van der Waals surface area contributed by atoms with Crippen molar-refractivity contribution in [3.05, 3.63) is 35.0 Å². The third-order valence-corrected chi connectivity index (χ3v) is 5.11. The van der Waals surface area contributed by atoms with E-state index in [4.69, 9.17) is 4.74 Å². The Balaban J connectivity index is 1.55. The fourth-order valence-corrected chi connectivity index (χ4v) is 3.68. The molecule has 0 unspecified atom stereocenters. The molecular weight excluding hydrogens is 367 g/mol. The van der Waals surface area contributed by atoms with E-state index in [1.165, 1.54) is 25.4 Å². The summed E-state index contributed by atoms with van der Waals surface area (Å²) in [6.45, 7) is 3.38. The molecule has 3 heterocycles. The highest BCUT2D eigenvalue weighted by molar-refractivity contribution is 7.15. The van der Waals surface area contributed by atoms with Crippen LogP contribution in [0, 0.1) is 11.8 Å². The van der Waals surface area contributed by atoms with Gasteiger partial charge in [0.15, 0.2) is 10.8 Å². The fourth-order valence-electron chi connectivity index (χ4n) is 2.77. The molecule has 2 aromatic heterocycles. The van der Waals surface area contributed by atoms with Crippen molar-refractivity contribution in [1.82, 2.24) is 14.9 Å². The lowest BCUT2D eigenvalue weighted by molar-refractivity contribution is -0.114. The van der Waals surface area contributed by atoms with Crippen LogP contribution in [0.5, 0.6) is 5.88 Å². The van der Waals surface area contributed by atoms with E-state index in [9.17, 15) is 9.18 Å². The lowest BCUT2D eigenvalue weighted by atomic mass is 9.94. The number of amides is 1. The number of nitrogens with one attached hydrogen (secondary N) is 1. The molecule has 0 bridgehead atoms. The maximum atomic E-state index is 15.0. The largest absolute Gasteiger partial charge is 0.481 e. The summed E-state index contributed by atoms with van der Waals surface area (Å²) in [5, 5.41) is 3.26. The number of hydrogen-bond acceptors (Lipinski definition) is 6. The Bertz CT molecular complexity index is 866. The molecule has 1 fully saturated rings. The molecule has 27 heavy (non-hydrogen) atoms. The Morgan fingerprint density at radius 2 is 2.22 bits per heavy atom. The van der Waals surface area contributed by atoms with Crippen molar-refractivity contribution in [3.8, 4) is 17.7 Å². The van der Waals surface area contributed by atoms with Gasteiger partial charge in [0, 0.05) is 56.5 Å². The van der Waals surface area contributed by atoms with Crippen LogP contribution in [-0.2, 0) is 11.3 Å². The summed E-state index contributed by atoms with van der Waals surface area (Å²) in [6.07, 6.45) is 2.45. The zero-order valence-corrected chi connectivity index (χ0v) is 16.1. The number of hydrogen-bond donors (Lipinski definition) is 1. The molecule has 1 N–H and O–H groups in total. The smallest absolute Gasteiger partial charge is 0.223 e. The van der Waals surface area contributed by atoms with Crippen molar-refractivity contribution in [2.45, 2.75) is 32.0 Å². The third-order valence-electron chi connectivity index (χ3n) is 4.21. The Hall–Kier alpha value is -2.50. The topological polar surface area (TPSA) is 67.3 Å². The van der Waals surface area contributed by atoms with Gasteiger partial charge in [-0.15, -0.1) is 11.3 Å². The van der Waals surface area contributed by atoms with Crippen LogP contribution in [0.15, 0.2) is 24.4 Å². The normalized spacial score (nSPS) is 16.3. The summed E-state index contributed by atoms with van der Waals surface area (Å²) in [6, 6.07) is 5.25. The first-order chi connectivity index (χ1) is 13.0. The predicted octanol–water partition coefficient (Wildman–Crippen LogP) is 2.86. The molecule has 1 amide bonds. The van der Waals surface area contributed by atoms with Crippen LogP contribution in [0.3, 0.4) is 0 Å². The van der Waals surface area contributed by atoms with E-state index in [1.54, 1.807) is 24.4 Å². The van der Waals surface area contributed by atoms with Gasteiger partial charge in [0.05, 0.1) is 7.11 Å². The SMILES string of the molecule is COc1cccc(C#CC2(F)CCN(Cc3cnc(NC(C)=O)s3)CC2)n1. The van der Waals surface area contributed by atoms with Crippen molar-refractivity contribution in [2.24, 2.45) is 0 Å². The van der Waals surface area contributed by atoms with Gasteiger partial charge in [-0.1, -0.05) is 12.0 Å². The Morgan fingerprint density at radius 3 is 2.93 bits per heavy atom. The van der Waals surface area contributed by atoms with Crippen molar-refractivity contribution in [3.63, 3.8) is 0 Å². The summed E-state index contributed by atoms with van der Waals surface area (Å²) in [5.74, 6) is 5.92. The standard InChI is InChI=1S/C19H21FN4O2S/c1-14(25)22-18-21-12-16(27-18)13-24-10-8-19(20,9-11-24)7-6-15-4-3-5-17(23-15)26-2/h3-5,12H,8-11,13H2,1-2H3,(H,21,22,25). The molecule has 0 radical (unpaired) electrons. The number of likely N-dealkylation sites (tertiary alicyclic amines) is 1. The third kappa shape index (κ3) is 5.49. The minimum absolute atomic E-state index is 0.139. The first-order valence-corrected chi connectivity index (χ1v) is 9.45. The van der Waals surface area contributed by atoms with Gasteiger partial charge in [0.25, 0.3) is 0 Å². The predicted molar refractivity (Wildman–Crippen MR) is 102 cm³/mol. The molecule has 8 heteroatoms. The van der Waals surface area contributed by atoms with Crippen LogP contribution >= 0.6 is 11.3 Å². The average molecular weight is 388 g/mol. The van der Waals surface area contributed by atoms with Gasteiger partial charge in [0.1, 0.15) is 5.69 Å². The number of ether oxygens (including phenoxy) is 1. The molecule has 3 rings (SSSR count). The molecule has 0 spiro atoms. The van der Waals surface area contributed by atoms with E-state index in [0.29, 0.717) is 49.2 Å². The molecule has 1 aliphatic heterocycles. The van der Waals surface area contributed by atoms with E-state index < -0.39 is 5.67 Å². The highest BCUT2D eigenvalue weighted by Gasteiger charge is 2.32. The molecule has 1 saturated heterocycles. The maximum Gasteiger partial charge on any atom is 0.223 e. The lowest BCUT2D eigenvalue weighted by Gasteiger charge is -2.33. The number of carbonyl (C=O) groups excluding carboxylic acids is 1. The Labute approximate surface area is 161 Å². The van der Waals surface area contributed by atoms with Crippen LogP contribution in [0.4, 0.5) is 9.52 Å². The molecule has 6 nitrogen and oxygen atoms in total. The van der Waals surface area contributed by atoms with Crippen LogP contribution in [0.25, 0.3) is 0 Å². The Kier molecular flexibility index (Phi) is 6.04. The number of carbonyl (C=O) groups is 1. The second kappa shape index (κ2) is 8.46. The second-order valence-corrected chi connectivity index (χ2v) is 7.48. The van der Waals surface area contributed by atoms with Crippen LogP contribution in [0.1, 0.15) is 30.3 Å². The van der Waals surface area contributed by atoms with Gasteiger partial charge in [0.2, 0.25) is 11.8 Å². The number of rotatable bonds is 4. The number of nitrogens with zero attached hydrogens (tertiary/aromatic N) is 3. The lowest BCUT2D eigenvalue weighted by Crippen LogP contribution is -2.40. The van der Waals surface area contributed by atoms with Crippen molar-refractivity contribution in [2.75, 3.05) is 25.5 Å². The number of halogens is 1. The summed E-state index contributed by atoms with van der Waals surface area (Å²) in [7, 11) is 1.54. The van der Waals surface area contributed by atoms with Crippen molar-refractivity contribution in [1.29, 1.82) is 0 Å². The number of pyridine rings is 1. The number of piperidine rings is 1. The van der Waals surface area contributed by atoms with E-state index in [0.717, 1.165) is 4.88 Å². The quantitative estimate of drug-likeness (QED) is 0.816. The van der Waals surface area contributed by atoms with Crippen molar-refractivity contribution < 1.29 is 13.9 Å². The van der Waals surface area contributed by atoms with Gasteiger partial charge in [-0.2, -0.15) is 0 Å². The van der Waals surface area contributed by atoms with Crippen LogP contribution < -0.4 is 10.1 Å². The summed E-state index contributed by atoms with van der Waals surface area (Å²) < 4.78 is 20.0. The molecule has 0 saturated carbocycles. The number of thiazole rings is 1. The summed E-state index contributed by atoms with van der Waals surface area (Å²) in [5.41, 5.74) is -1.000. The van der Waals surface area contributed by atoms with Gasteiger partial charge in [-0.25, -0.2) is 14.4 Å². The first kappa shape index (κ1) is 19.3. The van der Waals surface area contributed by atoms with E-state index in [2.05, 4.69) is 32.0 Å². The molecule has 0 aliphatic carbocycles. The molecule has 1 aliphatic rings. The zero-order valence-electron chi connectivity index (χ0n) is 15.3. The maximum absolute atomic E-state index is 15.0. The van der Waals surface area contributed by atoms with E-state index >= 15 is 0 Å². The Morgan fingerprint density at radius 1 is 1.44 bits per heavy atom. The number of methoxy groups -OCH3 is 1. The number of anilines is 1. The minimum atomic E-state index is -1.50. The summed E-state index contributed by atoms with van der Waals surface area (Å²) >= 11 is 1.44. The number of alkyl halides is 1. The molecule has 2 aromatic rings. The van der Waals surface area contributed by atoms with Gasteiger partial charge >= 0.3 is 0 Å². The average Bonchev–Trinajstić information content (AvgIpc) is 3.08. The molecule has 142 valence electrons. The highest BCUT2D eigenvalue weighted by atomic mass is 32.1. The second-order valence-electron chi connectivity index (χ2n) is 6.37. The molecule has 0 aromatic carbocycles. The summed E-state index contributed by atoms with van der Waals surface area (Å²) in [4.78, 5) is 22.6.